The molecule has 0 aliphatic heterocycles. The fourth-order valence-electron chi connectivity index (χ4n) is 2.76. The maximum absolute atomic E-state index is 11.6. The zero-order valence-corrected chi connectivity index (χ0v) is 16.4. The van der Waals surface area contributed by atoms with Crippen LogP contribution in [0.3, 0.4) is 0 Å². The number of nitrogens with one attached hydrogen (secondary N) is 1. The number of aliphatic carboxylic acids is 1. The Balaban J connectivity index is 1.76. The monoisotopic (exact) mass is 385 g/mol. The highest BCUT2D eigenvalue weighted by atomic mass is 16.5. The van der Waals surface area contributed by atoms with Crippen molar-refractivity contribution in [1.82, 2.24) is 5.32 Å². The molecule has 0 radical (unpaired) electrons. The minimum Gasteiger partial charge on any atom is -0.490 e. The second-order valence-corrected chi connectivity index (χ2v) is 6.57. The highest BCUT2D eigenvalue weighted by Crippen LogP contribution is 2.20. The molecule has 2 rings (SSSR count). The van der Waals surface area contributed by atoms with Crippen LogP contribution in [0.4, 0.5) is 0 Å². The van der Waals surface area contributed by atoms with Crippen molar-refractivity contribution in [3.05, 3.63) is 59.2 Å². The van der Waals surface area contributed by atoms with Gasteiger partial charge >= 0.3 is 5.97 Å². The van der Waals surface area contributed by atoms with Gasteiger partial charge in [-0.25, -0.2) is 0 Å². The fourth-order valence-corrected chi connectivity index (χ4v) is 2.76. The standard InChI is InChI=1S/C22H27NO5/c1-16-7-8-19(17(2)15-16)27-13-14-28-20-6-4-3-5-18(20)11-12-23-21(24)9-10-22(25)26/h3-8,15H,9-14H2,1-2H3,(H,23,24)(H,25,26). The molecular formula is C22H27NO5. The number of amides is 1. The number of para-hydroxylation sites is 1. The average molecular weight is 385 g/mol. The fraction of sp³-hybridized carbons (Fsp3) is 0.364. The van der Waals surface area contributed by atoms with Crippen LogP contribution in [0.25, 0.3) is 0 Å². The number of carboxylic acids is 1. The number of carbonyl (C=O) groups excluding carboxylic acids is 1. The Morgan fingerprint density at radius 2 is 1.68 bits per heavy atom. The topological polar surface area (TPSA) is 84.9 Å². The molecule has 0 bridgehead atoms. The molecule has 2 N–H and O–H groups in total. The molecule has 1 amide bonds. The predicted molar refractivity (Wildman–Crippen MR) is 107 cm³/mol. The molecule has 6 heteroatoms. The number of rotatable bonds is 11. The number of aryl methyl sites for hydroxylation is 2. The Kier molecular flexibility index (Phi) is 8.34. The molecule has 0 fully saturated rings. The van der Waals surface area contributed by atoms with Gasteiger partial charge in [-0.05, 0) is 43.5 Å². The van der Waals surface area contributed by atoms with Gasteiger partial charge in [0, 0.05) is 13.0 Å². The summed E-state index contributed by atoms with van der Waals surface area (Å²) in [6, 6.07) is 13.7. The summed E-state index contributed by atoms with van der Waals surface area (Å²) in [7, 11) is 0. The lowest BCUT2D eigenvalue weighted by atomic mass is 10.1. The number of carboxylic acid groups (broad SMARTS) is 1. The molecule has 2 aromatic rings. The normalized spacial score (nSPS) is 10.4. The molecule has 0 spiro atoms. The van der Waals surface area contributed by atoms with Crippen LogP contribution in [0, 0.1) is 13.8 Å². The van der Waals surface area contributed by atoms with Crippen molar-refractivity contribution in [3.8, 4) is 11.5 Å². The predicted octanol–water partition coefficient (Wildman–Crippen LogP) is 3.28. The van der Waals surface area contributed by atoms with Crippen LogP contribution < -0.4 is 14.8 Å². The Bertz CT molecular complexity index is 803. The number of hydrogen-bond acceptors (Lipinski definition) is 4. The molecule has 0 aliphatic carbocycles. The van der Waals surface area contributed by atoms with Gasteiger partial charge < -0.3 is 19.9 Å². The summed E-state index contributed by atoms with van der Waals surface area (Å²) >= 11 is 0. The summed E-state index contributed by atoms with van der Waals surface area (Å²) < 4.78 is 11.6. The van der Waals surface area contributed by atoms with Gasteiger partial charge in [-0.1, -0.05) is 35.9 Å². The Morgan fingerprint density at radius 3 is 2.39 bits per heavy atom. The minimum atomic E-state index is -0.975. The molecule has 0 unspecified atom stereocenters. The van der Waals surface area contributed by atoms with Crippen LogP contribution in [-0.2, 0) is 16.0 Å². The quantitative estimate of drug-likeness (QED) is 0.580. The second kappa shape index (κ2) is 11.0. The number of benzene rings is 2. The largest absolute Gasteiger partial charge is 0.490 e. The molecule has 0 saturated carbocycles. The average Bonchev–Trinajstić information content (AvgIpc) is 2.66. The summed E-state index contributed by atoms with van der Waals surface area (Å²) in [6.07, 6.45) is 0.433. The molecule has 6 nitrogen and oxygen atoms in total. The third-order valence-electron chi connectivity index (χ3n) is 4.18. The van der Waals surface area contributed by atoms with E-state index < -0.39 is 5.97 Å². The van der Waals surface area contributed by atoms with Crippen molar-refractivity contribution in [1.29, 1.82) is 0 Å². The van der Waals surface area contributed by atoms with Crippen LogP contribution in [-0.4, -0.2) is 36.7 Å². The van der Waals surface area contributed by atoms with Crippen molar-refractivity contribution >= 4 is 11.9 Å². The minimum absolute atomic E-state index is 0.0107. The van der Waals surface area contributed by atoms with E-state index in [1.54, 1.807) is 0 Å². The van der Waals surface area contributed by atoms with Crippen molar-refractivity contribution in [2.24, 2.45) is 0 Å². The van der Waals surface area contributed by atoms with E-state index in [-0.39, 0.29) is 18.7 Å². The van der Waals surface area contributed by atoms with E-state index in [4.69, 9.17) is 14.6 Å². The van der Waals surface area contributed by atoms with Crippen LogP contribution in [0.1, 0.15) is 29.5 Å². The Labute approximate surface area is 165 Å². The van der Waals surface area contributed by atoms with E-state index >= 15 is 0 Å². The van der Waals surface area contributed by atoms with Crippen LogP contribution in [0.2, 0.25) is 0 Å². The van der Waals surface area contributed by atoms with Crippen molar-refractivity contribution in [2.45, 2.75) is 33.1 Å². The third-order valence-corrected chi connectivity index (χ3v) is 4.18. The molecule has 0 aliphatic rings. The molecule has 28 heavy (non-hydrogen) atoms. The number of ether oxygens (including phenoxy) is 2. The molecular weight excluding hydrogens is 358 g/mol. The van der Waals surface area contributed by atoms with E-state index in [1.807, 2.05) is 50.2 Å². The van der Waals surface area contributed by atoms with E-state index in [2.05, 4.69) is 11.4 Å². The zero-order valence-electron chi connectivity index (χ0n) is 16.4. The smallest absolute Gasteiger partial charge is 0.303 e. The van der Waals surface area contributed by atoms with Gasteiger partial charge in [0.15, 0.2) is 0 Å². The third kappa shape index (κ3) is 7.31. The van der Waals surface area contributed by atoms with Gasteiger partial charge in [0.25, 0.3) is 0 Å². The zero-order chi connectivity index (χ0) is 20.4. The maximum atomic E-state index is 11.6. The molecule has 0 heterocycles. The molecule has 150 valence electrons. The van der Waals surface area contributed by atoms with Gasteiger partial charge in [0.05, 0.1) is 6.42 Å². The van der Waals surface area contributed by atoms with Crippen LogP contribution in [0.5, 0.6) is 11.5 Å². The van der Waals surface area contributed by atoms with Crippen LogP contribution in [0.15, 0.2) is 42.5 Å². The first-order valence-electron chi connectivity index (χ1n) is 9.35. The number of carbonyl (C=O) groups is 2. The lowest BCUT2D eigenvalue weighted by Crippen LogP contribution is -2.26. The second-order valence-electron chi connectivity index (χ2n) is 6.57. The first-order valence-corrected chi connectivity index (χ1v) is 9.35. The van der Waals surface area contributed by atoms with E-state index in [1.165, 1.54) is 5.56 Å². The van der Waals surface area contributed by atoms with Crippen LogP contribution >= 0.6 is 0 Å². The summed E-state index contributed by atoms with van der Waals surface area (Å²) in [5.74, 6) is 0.373. The molecule has 2 aromatic carbocycles. The van der Waals surface area contributed by atoms with E-state index in [0.717, 1.165) is 22.6 Å². The Morgan fingerprint density at radius 1 is 0.964 bits per heavy atom. The van der Waals surface area contributed by atoms with E-state index in [9.17, 15) is 9.59 Å². The van der Waals surface area contributed by atoms with Crippen molar-refractivity contribution in [2.75, 3.05) is 19.8 Å². The highest BCUT2D eigenvalue weighted by molar-refractivity contribution is 5.80. The molecule has 0 aromatic heterocycles. The van der Waals surface area contributed by atoms with Gasteiger partial charge in [0.2, 0.25) is 5.91 Å². The van der Waals surface area contributed by atoms with Crippen molar-refractivity contribution < 1.29 is 24.2 Å². The van der Waals surface area contributed by atoms with Crippen molar-refractivity contribution in [3.63, 3.8) is 0 Å². The van der Waals surface area contributed by atoms with Gasteiger partial charge in [-0.3, -0.25) is 9.59 Å². The SMILES string of the molecule is Cc1ccc(OCCOc2ccccc2CCNC(=O)CCC(=O)O)c(C)c1. The Hall–Kier alpha value is -3.02. The first-order chi connectivity index (χ1) is 13.5. The lowest BCUT2D eigenvalue weighted by Gasteiger charge is -2.13. The first kappa shape index (κ1) is 21.3. The highest BCUT2D eigenvalue weighted by Gasteiger charge is 2.07. The molecule has 0 saturated heterocycles. The van der Waals surface area contributed by atoms with E-state index in [0.29, 0.717) is 26.2 Å². The summed E-state index contributed by atoms with van der Waals surface area (Å²) in [4.78, 5) is 22.1. The van der Waals surface area contributed by atoms with Gasteiger partial charge in [-0.2, -0.15) is 0 Å². The maximum Gasteiger partial charge on any atom is 0.303 e. The lowest BCUT2D eigenvalue weighted by molar-refractivity contribution is -0.138. The van der Waals surface area contributed by atoms with Gasteiger partial charge in [0.1, 0.15) is 24.7 Å². The summed E-state index contributed by atoms with van der Waals surface area (Å²) in [5, 5.41) is 11.3. The molecule has 0 atom stereocenters. The van der Waals surface area contributed by atoms with Gasteiger partial charge in [-0.15, -0.1) is 0 Å². The number of hydrogen-bond donors (Lipinski definition) is 2. The summed E-state index contributed by atoms with van der Waals surface area (Å²) in [6.45, 7) is 5.34. The summed E-state index contributed by atoms with van der Waals surface area (Å²) in [5.41, 5.74) is 3.27.